The van der Waals surface area contributed by atoms with Crippen LogP contribution in [0.1, 0.15) is 20.8 Å². The van der Waals surface area contributed by atoms with Gasteiger partial charge < -0.3 is 20.1 Å². The van der Waals surface area contributed by atoms with E-state index in [1.807, 2.05) is 20.8 Å². The van der Waals surface area contributed by atoms with E-state index in [0.29, 0.717) is 32.8 Å². The van der Waals surface area contributed by atoms with Gasteiger partial charge in [-0.3, -0.25) is 9.69 Å². The van der Waals surface area contributed by atoms with E-state index in [1.54, 1.807) is 0 Å². The zero-order chi connectivity index (χ0) is 14.1. The van der Waals surface area contributed by atoms with Gasteiger partial charge in [0.15, 0.2) is 6.29 Å². The van der Waals surface area contributed by atoms with Crippen LogP contribution in [0.4, 0.5) is 0 Å². The van der Waals surface area contributed by atoms with Crippen molar-refractivity contribution in [1.29, 1.82) is 0 Å². The minimum atomic E-state index is -0.259. The van der Waals surface area contributed by atoms with Gasteiger partial charge >= 0.3 is 0 Å². The van der Waals surface area contributed by atoms with E-state index < -0.39 is 0 Å². The summed E-state index contributed by atoms with van der Waals surface area (Å²) in [5.41, 5.74) is 0. The van der Waals surface area contributed by atoms with Gasteiger partial charge in [-0.25, -0.2) is 0 Å². The van der Waals surface area contributed by atoms with Crippen molar-refractivity contribution >= 4 is 5.91 Å². The molecule has 6 nitrogen and oxygen atoms in total. The van der Waals surface area contributed by atoms with Gasteiger partial charge in [-0.2, -0.15) is 0 Å². The lowest BCUT2D eigenvalue weighted by Gasteiger charge is -2.36. The molecule has 0 aliphatic carbocycles. The predicted octanol–water partition coefficient (Wildman–Crippen LogP) is -0.205. The first-order chi connectivity index (χ1) is 9.22. The first kappa shape index (κ1) is 16.4. The summed E-state index contributed by atoms with van der Waals surface area (Å²) in [6.45, 7) is 10.7. The monoisotopic (exact) mass is 273 g/mol. The van der Waals surface area contributed by atoms with Crippen LogP contribution in [0.3, 0.4) is 0 Å². The van der Waals surface area contributed by atoms with Crippen molar-refractivity contribution in [3.05, 3.63) is 0 Å². The van der Waals surface area contributed by atoms with E-state index >= 15 is 0 Å². The van der Waals surface area contributed by atoms with E-state index in [1.165, 1.54) is 0 Å². The Kier molecular flexibility index (Phi) is 7.97. The maximum Gasteiger partial charge on any atom is 0.238 e. The third kappa shape index (κ3) is 5.44. The molecule has 19 heavy (non-hydrogen) atoms. The molecule has 0 aromatic carbocycles. The van der Waals surface area contributed by atoms with E-state index in [9.17, 15) is 4.79 Å². The molecule has 1 amide bonds. The summed E-state index contributed by atoms with van der Waals surface area (Å²) < 4.78 is 11.1. The Morgan fingerprint density at radius 3 is 2.63 bits per heavy atom. The van der Waals surface area contributed by atoms with Gasteiger partial charge in [0.2, 0.25) is 5.91 Å². The van der Waals surface area contributed by atoms with Gasteiger partial charge in [0.05, 0.1) is 6.54 Å². The van der Waals surface area contributed by atoms with Gasteiger partial charge in [0.25, 0.3) is 0 Å². The van der Waals surface area contributed by atoms with Crippen molar-refractivity contribution in [2.45, 2.75) is 33.1 Å². The smallest absolute Gasteiger partial charge is 0.238 e. The summed E-state index contributed by atoms with van der Waals surface area (Å²) in [4.78, 5) is 14.2. The Hall–Kier alpha value is -0.690. The highest BCUT2D eigenvalue weighted by Gasteiger charge is 2.30. The molecule has 1 fully saturated rings. The molecule has 6 heteroatoms. The van der Waals surface area contributed by atoms with Crippen LogP contribution in [0, 0.1) is 0 Å². The maximum absolute atomic E-state index is 12.0. The molecule has 1 rings (SSSR count). The molecular weight excluding hydrogens is 246 g/mol. The Morgan fingerprint density at radius 1 is 1.37 bits per heavy atom. The van der Waals surface area contributed by atoms with Crippen LogP contribution >= 0.6 is 0 Å². The number of nitrogens with one attached hydrogen (secondary N) is 2. The molecule has 2 N–H and O–H groups in total. The zero-order valence-corrected chi connectivity index (χ0v) is 12.3. The molecule has 1 heterocycles. The molecule has 0 aromatic heterocycles. The standard InChI is InChI=1S/C13H27N3O3/c1-4-15-13(17)11-9-14-7-8-16(11)10-12(18-5-2)19-6-3/h11-12,14H,4-10H2,1-3H3,(H,15,17). The molecule has 1 aliphatic rings. The molecule has 0 saturated carbocycles. The second-order valence-corrected chi connectivity index (χ2v) is 4.45. The molecule has 0 bridgehead atoms. The second kappa shape index (κ2) is 9.25. The molecule has 1 saturated heterocycles. The van der Waals surface area contributed by atoms with Gasteiger partial charge in [0.1, 0.15) is 6.04 Å². The fourth-order valence-electron chi connectivity index (χ4n) is 2.23. The normalized spacial score (nSPS) is 20.7. The number of ether oxygens (including phenoxy) is 2. The van der Waals surface area contributed by atoms with Gasteiger partial charge in [-0.05, 0) is 20.8 Å². The molecule has 0 radical (unpaired) electrons. The number of piperazine rings is 1. The summed E-state index contributed by atoms with van der Waals surface area (Å²) >= 11 is 0. The third-order valence-electron chi connectivity index (χ3n) is 3.10. The van der Waals surface area contributed by atoms with E-state index in [4.69, 9.17) is 9.47 Å². The van der Waals surface area contributed by atoms with Crippen LogP contribution in [0.5, 0.6) is 0 Å². The number of rotatable bonds is 8. The number of nitrogens with zero attached hydrogens (tertiary/aromatic N) is 1. The number of amides is 1. The minimum absolute atomic E-state index is 0.0708. The zero-order valence-electron chi connectivity index (χ0n) is 12.3. The summed E-state index contributed by atoms with van der Waals surface area (Å²) in [6.07, 6.45) is -0.259. The summed E-state index contributed by atoms with van der Waals surface area (Å²) in [6, 6.07) is -0.142. The lowest BCUT2D eigenvalue weighted by Crippen LogP contribution is -2.59. The van der Waals surface area contributed by atoms with Crippen LogP contribution in [0.15, 0.2) is 0 Å². The summed E-state index contributed by atoms with van der Waals surface area (Å²) in [5, 5.41) is 6.14. The fraction of sp³-hybridized carbons (Fsp3) is 0.923. The molecule has 1 aliphatic heterocycles. The van der Waals surface area contributed by atoms with Crippen LogP contribution < -0.4 is 10.6 Å². The van der Waals surface area contributed by atoms with Crippen molar-refractivity contribution in [3.8, 4) is 0 Å². The highest BCUT2D eigenvalue weighted by molar-refractivity contribution is 5.82. The number of carbonyl (C=O) groups excluding carboxylic acids is 1. The van der Waals surface area contributed by atoms with Crippen LogP contribution in [0.25, 0.3) is 0 Å². The SMILES string of the molecule is CCNC(=O)C1CNCCN1CC(OCC)OCC. The Bertz CT molecular complexity index is 258. The molecular formula is C13H27N3O3. The van der Waals surface area contributed by atoms with E-state index in [2.05, 4.69) is 15.5 Å². The lowest BCUT2D eigenvalue weighted by atomic mass is 10.1. The maximum atomic E-state index is 12.0. The molecule has 1 atom stereocenters. The number of hydrogen-bond donors (Lipinski definition) is 2. The number of carbonyl (C=O) groups is 1. The number of likely N-dealkylation sites (N-methyl/N-ethyl adjacent to an activating group) is 1. The summed E-state index contributed by atoms with van der Waals surface area (Å²) in [5.74, 6) is 0.0708. The van der Waals surface area contributed by atoms with Crippen LogP contribution in [-0.2, 0) is 14.3 Å². The minimum Gasteiger partial charge on any atom is -0.355 e. The van der Waals surface area contributed by atoms with E-state index in [-0.39, 0.29) is 18.2 Å². The predicted molar refractivity (Wildman–Crippen MR) is 74.0 cm³/mol. The Labute approximate surface area is 115 Å². The highest BCUT2D eigenvalue weighted by atomic mass is 16.7. The first-order valence-electron chi connectivity index (χ1n) is 7.18. The lowest BCUT2D eigenvalue weighted by molar-refractivity contribution is -0.155. The second-order valence-electron chi connectivity index (χ2n) is 4.45. The Morgan fingerprint density at radius 2 is 2.05 bits per heavy atom. The largest absolute Gasteiger partial charge is 0.355 e. The Balaban J connectivity index is 2.57. The van der Waals surface area contributed by atoms with E-state index in [0.717, 1.165) is 13.1 Å². The van der Waals surface area contributed by atoms with Crippen LogP contribution in [-0.4, -0.2) is 69.1 Å². The molecule has 0 aromatic rings. The quantitative estimate of drug-likeness (QED) is 0.600. The highest BCUT2D eigenvalue weighted by Crippen LogP contribution is 2.07. The van der Waals surface area contributed by atoms with Gasteiger partial charge in [-0.15, -0.1) is 0 Å². The topological polar surface area (TPSA) is 62.8 Å². The van der Waals surface area contributed by atoms with Gasteiger partial charge in [-0.1, -0.05) is 0 Å². The first-order valence-corrected chi connectivity index (χ1v) is 7.18. The average molecular weight is 273 g/mol. The third-order valence-corrected chi connectivity index (χ3v) is 3.10. The number of hydrogen-bond acceptors (Lipinski definition) is 5. The van der Waals surface area contributed by atoms with Crippen molar-refractivity contribution in [3.63, 3.8) is 0 Å². The average Bonchev–Trinajstić information content (AvgIpc) is 2.40. The van der Waals surface area contributed by atoms with Crippen molar-refractivity contribution in [2.24, 2.45) is 0 Å². The molecule has 112 valence electrons. The fourth-order valence-corrected chi connectivity index (χ4v) is 2.23. The van der Waals surface area contributed by atoms with Crippen molar-refractivity contribution in [1.82, 2.24) is 15.5 Å². The molecule has 0 spiro atoms. The van der Waals surface area contributed by atoms with Crippen molar-refractivity contribution in [2.75, 3.05) is 45.9 Å². The summed E-state index contributed by atoms with van der Waals surface area (Å²) in [7, 11) is 0. The molecule has 1 unspecified atom stereocenters. The van der Waals surface area contributed by atoms with Crippen LogP contribution in [0.2, 0.25) is 0 Å². The van der Waals surface area contributed by atoms with Crippen molar-refractivity contribution < 1.29 is 14.3 Å². The van der Waals surface area contributed by atoms with Gasteiger partial charge in [0, 0.05) is 39.4 Å².